The molecule has 33 heavy (non-hydrogen) atoms. The summed E-state index contributed by atoms with van der Waals surface area (Å²) in [6, 6.07) is 0. The van der Waals surface area contributed by atoms with Gasteiger partial charge >= 0.3 is 5.97 Å². The maximum absolute atomic E-state index is 13.6. The maximum atomic E-state index is 13.6. The molecule has 184 valence electrons. The summed E-state index contributed by atoms with van der Waals surface area (Å²) in [5.74, 6) is -1.33. The zero-order valence-corrected chi connectivity index (χ0v) is 21.1. The average molecular weight is 480 g/mol. The Morgan fingerprint density at radius 3 is 2.48 bits per heavy atom. The van der Waals surface area contributed by atoms with Crippen LogP contribution in [-0.4, -0.2) is 50.1 Å². The van der Waals surface area contributed by atoms with Gasteiger partial charge in [-0.05, 0) is 59.8 Å². The minimum atomic E-state index is -3.60. The van der Waals surface area contributed by atoms with Gasteiger partial charge in [0.15, 0.2) is 9.84 Å². The van der Waals surface area contributed by atoms with E-state index in [-0.39, 0.29) is 45.8 Å². The van der Waals surface area contributed by atoms with Crippen molar-refractivity contribution in [1.29, 1.82) is 0 Å². The number of methoxy groups -OCH3 is 1. The average Bonchev–Trinajstić information content (AvgIpc) is 2.72. The maximum Gasteiger partial charge on any atom is 0.325 e. The van der Waals surface area contributed by atoms with E-state index >= 15 is 0 Å². The Kier molecular flexibility index (Phi) is 5.78. The predicted molar refractivity (Wildman–Crippen MR) is 125 cm³/mol. The number of esters is 1. The number of rotatable bonds is 3. The fraction of sp³-hybridized carbons (Fsp3) is 0.760. The molecule has 0 aromatic rings. The van der Waals surface area contributed by atoms with Gasteiger partial charge in [-0.25, -0.2) is 8.42 Å². The number of sulfone groups is 1. The first-order valence-corrected chi connectivity index (χ1v) is 13.7. The largest absolute Gasteiger partial charge is 0.512 e. The molecule has 0 radical (unpaired) electrons. The summed E-state index contributed by atoms with van der Waals surface area (Å²) < 4.78 is 31.8. The molecule has 0 bridgehead atoms. The van der Waals surface area contributed by atoms with E-state index in [2.05, 4.69) is 37.7 Å². The predicted octanol–water partition coefficient (Wildman–Crippen LogP) is 3.32. The van der Waals surface area contributed by atoms with E-state index < -0.39 is 32.9 Å². The molecule has 4 rings (SSSR count). The van der Waals surface area contributed by atoms with E-state index in [9.17, 15) is 23.1 Å². The second-order valence-electron chi connectivity index (χ2n) is 11.7. The fourth-order valence-corrected chi connectivity index (χ4v) is 10.7. The van der Waals surface area contributed by atoms with Crippen LogP contribution in [0.15, 0.2) is 23.5 Å². The van der Waals surface area contributed by atoms with Gasteiger partial charge in [-0.1, -0.05) is 40.2 Å². The highest BCUT2D eigenvalue weighted by Gasteiger charge is 2.66. The Balaban J connectivity index is 1.70. The lowest BCUT2D eigenvalue weighted by atomic mass is 9.41. The number of aliphatic hydroxyl groups excluding tert-OH is 1. The van der Waals surface area contributed by atoms with Crippen LogP contribution in [0, 0.1) is 34.0 Å². The van der Waals surface area contributed by atoms with Crippen molar-refractivity contribution >= 4 is 21.7 Å². The smallest absolute Gasteiger partial charge is 0.325 e. The van der Waals surface area contributed by atoms with Crippen LogP contribution in [0.2, 0.25) is 0 Å². The lowest BCUT2D eigenvalue weighted by molar-refractivity contribution is -0.140. The van der Waals surface area contributed by atoms with Crippen molar-refractivity contribution in [2.45, 2.75) is 65.0 Å². The van der Waals surface area contributed by atoms with Crippen molar-refractivity contribution in [3.8, 4) is 0 Å². The number of carbonyl (C=O) groups excluding carboxylic acids is 2. The van der Waals surface area contributed by atoms with E-state index in [1.807, 2.05) is 0 Å². The normalized spacial score (nSPS) is 40.8. The first kappa shape index (κ1) is 24.3. The zero-order chi connectivity index (χ0) is 24.4. The van der Waals surface area contributed by atoms with Crippen LogP contribution in [0.4, 0.5) is 0 Å². The molecule has 8 heteroatoms. The van der Waals surface area contributed by atoms with Gasteiger partial charge in [0.05, 0.1) is 23.9 Å². The van der Waals surface area contributed by atoms with Crippen LogP contribution in [0.25, 0.3) is 0 Å². The van der Waals surface area contributed by atoms with Crippen LogP contribution in [0.3, 0.4) is 0 Å². The number of ether oxygens (including phenoxy) is 1. The third-order valence-corrected chi connectivity index (χ3v) is 11.6. The molecule has 1 amide bonds. The topological polar surface area (TPSA) is 110 Å². The van der Waals surface area contributed by atoms with Crippen molar-refractivity contribution in [1.82, 2.24) is 5.32 Å². The summed E-state index contributed by atoms with van der Waals surface area (Å²) in [4.78, 5) is 24.0. The summed E-state index contributed by atoms with van der Waals surface area (Å²) in [5.41, 5.74) is -0.235. The number of aliphatic hydroxyl groups is 1. The zero-order valence-electron chi connectivity index (χ0n) is 20.3. The summed E-state index contributed by atoms with van der Waals surface area (Å²) in [7, 11) is -2.38. The number of hydrogen-bond donors (Lipinski definition) is 2. The fourth-order valence-electron chi connectivity index (χ4n) is 8.01. The van der Waals surface area contributed by atoms with E-state index in [0.717, 1.165) is 32.1 Å². The number of carbonyl (C=O) groups is 2. The monoisotopic (exact) mass is 479 g/mol. The molecule has 2 unspecified atom stereocenters. The third-order valence-electron chi connectivity index (χ3n) is 9.54. The van der Waals surface area contributed by atoms with Crippen molar-refractivity contribution in [3.63, 3.8) is 0 Å². The standard InChI is InChI=1S/C25H37NO6S/c1-23(2)8-6-9-24(3)18(23)7-10-25(4)19(24)14-33(30,31)17-12-15(11-16(27)21(17)25)22(29)26-13-20(28)32-5/h11-12,17-19,21,27H,6-10,13-14H2,1-5H3,(H,26,29)/t17?,18-,19+,21?,24-,25+/m0/s1. The van der Waals surface area contributed by atoms with Gasteiger partial charge in [0.2, 0.25) is 0 Å². The summed E-state index contributed by atoms with van der Waals surface area (Å²) >= 11 is 0. The van der Waals surface area contributed by atoms with Gasteiger partial charge in [0.1, 0.15) is 6.54 Å². The summed E-state index contributed by atoms with van der Waals surface area (Å²) in [5, 5.41) is 12.6. The van der Waals surface area contributed by atoms with Gasteiger partial charge < -0.3 is 15.2 Å². The number of allylic oxidation sites excluding steroid dienone is 1. The van der Waals surface area contributed by atoms with E-state index in [0.29, 0.717) is 5.92 Å². The van der Waals surface area contributed by atoms with Crippen LogP contribution >= 0.6 is 0 Å². The highest BCUT2D eigenvalue weighted by atomic mass is 32.2. The number of amides is 1. The van der Waals surface area contributed by atoms with Gasteiger partial charge in [-0.2, -0.15) is 0 Å². The van der Waals surface area contributed by atoms with Crippen molar-refractivity contribution in [2.75, 3.05) is 19.4 Å². The van der Waals surface area contributed by atoms with Gasteiger partial charge in [-0.15, -0.1) is 0 Å². The molecule has 2 N–H and O–H groups in total. The van der Waals surface area contributed by atoms with Crippen LogP contribution in [-0.2, 0) is 24.2 Å². The minimum absolute atomic E-state index is 0.0430. The van der Waals surface area contributed by atoms with E-state index in [1.54, 1.807) is 0 Å². The third kappa shape index (κ3) is 3.72. The Morgan fingerprint density at radius 2 is 1.82 bits per heavy atom. The highest BCUT2D eigenvalue weighted by Crippen LogP contribution is 2.68. The summed E-state index contributed by atoms with van der Waals surface area (Å²) in [6.45, 7) is 8.74. The SMILES string of the molecule is COC(=O)CNC(=O)C1=CC2C(C(O)=C1)[C@]1(C)CC[C@H]3C(C)(C)CCC[C@]3(C)[C@H]1CS2(=O)=O. The molecule has 1 saturated heterocycles. The molecular formula is C25H37NO6S. The quantitative estimate of drug-likeness (QED) is 0.601. The lowest BCUT2D eigenvalue weighted by Crippen LogP contribution is -2.64. The van der Waals surface area contributed by atoms with Crippen LogP contribution in [0.5, 0.6) is 0 Å². The van der Waals surface area contributed by atoms with E-state index in [4.69, 9.17) is 0 Å². The first-order chi connectivity index (χ1) is 15.3. The minimum Gasteiger partial charge on any atom is -0.512 e. The van der Waals surface area contributed by atoms with Crippen molar-refractivity contribution in [3.05, 3.63) is 23.5 Å². The Hall–Kier alpha value is -1.83. The number of fused-ring (bicyclic) bond motifs is 5. The summed E-state index contributed by atoms with van der Waals surface area (Å²) in [6.07, 6.45) is 8.00. The van der Waals surface area contributed by atoms with Crippen LogP contribution in [0.1, 0.15) is 59.8 Å². The second-order valence-corrected chi connectivity index (χ2v) is 13.9. The van der Waals surface area contributed by atoms with Crippen LogP contribution < -0.4 is 5.32 Å². The highest BCUT2D eigenvalue weighted by molar-refractivity contribution is 7.92. The van der Waals surface area contributed by atoms with Gasteiger partial charge in [0.25, 0.3) is 5.91 Å². The molecular weight excluding hydrogens is 442 g/mol. The first-order valence-electron chi connectivity index (χ1n) is 12.0. The van der Waals surface area contributed by atoms with Crippen molar-refractivity contribution < 1.29 is 27.9 Å². The van der Waals surface area contributed by atoms with Crippen molar-refractivity contribution in [2.24, 2.45) is 34.0 Å². The molecule has 0 aromatic heterocycles. The number of nitrogens with one attached hydrogen (secondary N) is 1. The number of hydrogen-bond acceptors (Lipinski definition) is 6. The molecule has 1 aliphatic heterocycles. The molecule has 4 aliphatic rings. The molecule has 1 heterocycles. The Labute approximate surface area is 197 Å². The second kappa shape index (κ2) is 7.85. The molecule has 6 atom stereocenters. The van der Waals surface area contributed by atoms with E-state index in [1.165, 1.54) is 19.3 Å². The lowest BCUT2D eigenvalue weighted by Gasteiger charge is -2.66. The molecule has 2 saturated carbocycles. The molecule has 3 fully saturated rings. The van der Waals surface area contributed by atoms with Gasteiger partial charge in [0, 0.05) is 11.5 Å². The van der Waals surface area contributed by atoms with Gasteiger partial charge in [-0.3, -0.25) is 9.59 Å². The molecule has 3 aliphatic carbocycles. The Bertz CT molecular complexity index is 1030. The molecule has 7 nitrogen and oxygen atoms in total. The molecule has 0 aromatic carbocycles. The Morgan fingerprint density at radius 1 is 1.12 bits per heavy atom. The molecule has 0 spiro atoms.